The summed E-state index contributed by atoms with van der Waals surface area (Å²) in [5.41, 5.74) is 2.87. The van der Waals surface area contributed by atoms with Crippen LogP contribution in [0.4, 0.5) is 10.8 Å². The Kier molecular flexibility index (Phi) is 3.97. The monoisotopic (exact) mass is 351 g/mol. The standard InChI is InChI=1S/C19H17N3O2S/c1-12-7-8-15-16(9-12)25-19(20-15)21-18(24)13-10-17(23)22(11-13)14-5-3-2-4-6-14/h2-9,13H,10-11H2,1H3,(H,20,21,24)/t13-/m1/s1. The maximum Gasteiger partial charge on any atom is 0.231 e. The molecular weight excluding hydrogens is 334 g/mol. The van der Waals surface area contributed by atoms with E-state index in [1.165, 1.54) is 11.3 Å². The Labute approximate surface area is 149 Å². The van der Waals surface area contributed by atoms with Gasteiger partial charge in [-0.15, -0.1) is 0 Å². The molecule has 25 heavy (non-hydrogen) atoms. The fraction of sp³-hybridized carbons (Fsp3) is 0.211. The van der Waals surface area contributed by atoms with Gasteiger partial charge in [0.1, 0.15) is 0 Å². The van der Waals surface area contributed by atoms with Crippen molar-refractivity contribution >= 4 is 44.2 Å². The first-order valence-electron chi connectivity index (χ1n) is 8.13. The lowest BCUT2D eigenvalue weighted by atomic mass is 10.1. The van der Waals surface area contributed by atoms with Crippen LogP contribution >= 0.6 is 11.3 Å². The Bertz CT molecular complexity index is 952. The second-order valence-corrected chi connectivity index (χ2v) is 7.25. The van der Waals surface area contributed by atoms with E-state index in [-0.39, 0.29) is 24.2 Å². The molecule has 4 rings (SSSR count). The first kappa shape index (κ1) is 15.8. The fourth-order valence-corrected chi connectivity index (χ4v) is 4.00. The normalized spacial score (nSPS) is 17.2. The topological polar surface area (TPSA) is 62.3 Å². The summed E-state index contributed by atoms with van der Waals surface area (Å²) in [7, 11) is 0. The predicted molar refractivity (Wildman–Crippen MR) is 99.9 cm³/mol. The van der Waals surface area contributed by atoms with Crippen molar-refractivity contribution in [3.63, 3.8) is 0 Å². The first-order valence-corrected chi connectivity index (χ1v) is 8.95. The molecule has 1 aliphatic rings. The molecule has 1 atom stereocenters. The van der Waals surface area contributed by atoms with Crippen molar-refractivity contribution in [2.24, 2.45) is 5.92 Å². The molecule has 6 heteroatoms. The minimum Gasteiger partial charge on any atom is -0.312 e. The summed E-state index contributed by atoms with van der Waals surface area (Å²) >= 11 is 1.45. The molecule has 1 N–H and O–H groups in total. The highest BCUT2D eigenvalue weighted by Gasteiger charge is 2.35. The smallest absolute Gasteiger partial charge is 0.231 e. The van der Waals surface area contributed by atoms with Crippen molar-refractivity contribution in [2.75, 3.05) is 16.8 Å². The molecule has 0 aliphatic carbocycles. The average Bonchev–Trinajstić information content (AvgIpc) is 3.18. The quantitative estimate of drug-likeness (QED) is 0.784. The molecule has 1 aliphatic heterocycles. The third kappa shape index (κ3) is 3.13. The largest absolute Gasteiger partial charge is 0.312 e. The number of nitrogens with one attached hydrogen (secondary N) is 1. The number of hydrogen-bond donors (Lipinski definition) is 1. The Morgan fingerprint density at radius 1 is 1.24 bits per heavy atom. The van der Waals surface area contributed by atoms with Crippen molar-refractivity contribution in [2.45, 2.75) is 13.3 Å². The second-order valence-electron chi connectivity index (χ2n) is 6.22. The van der Waals surface area contributed by atoms with E-state index in [0.29, 0.717) is 11.7 Å². The molecule has 1 aromatic heterocycles. The number of benzene rings is 2. The van der Waals surface area contributed by atoms with E-state index in [4.69, 9.17) is 0 Å². The number of carbonyl (C=O) groups excluding carboxylic acids is 2. The van der Waals surface area contributed by atoms with Crippen LogP contribution in [0.3, 0.4) is 0 Å². The van der Waals surface area contributed by atoms with Crippen LogP contribution in [0.1, 0.15) is 12.0 Å². The van der Waals surface area contributed by atoms with Gasteiger partial charge in [-0.25, -0.2) is 4.98 Å². The molecule has 0 saturated carbocycles. The predicted octanol–water partition coefficient (Wildman–Crippen LogP) is 3.60. The highest BCUT2D eigenvalue weighted by atomic mass is 32.1. The third-order valence-electron chi connectivity index (χ3n) is 4.34. The lowest BCUT2D eigenvalue weighted by Gasteiger charge is -2.16. The lowest BCUT2D eigenvalue weighted by Crippen LogP contribution is -2.28. The van der Waals surface area contributed by atoms with Crippen LogP contribution in [0.5, 0.6) is 0 Å². The number of rotatable bonds is 3. The molecule has 2 heterocycles. The van der Waals surface area contributed by atoms with Gasteiger partial charge in [0, 0.05) is 18.7 Å². The molecule has 1 saturated heterocycles. The number of fused-ring (bicyclic) bond motifs is 1. The molecule has 2 amide bonds. The molecule has 126 valence electrons. The molecule has 0 spiro atoms. The summed E-state index contributed by atoms with van der Waals surface area (Å²) in [4.78, 5) is 30.9. The van der Waals surface area contributed by atoms with Crippen LogP contribution in [0, 0.1) is 12.8 Å². The molecule has 3 aromatic rings. The maximum atomic E-state index is 12.6. The number of nitrogens with zero attached hydrogens (tertiary/aromatic N) is 2. The number of aromatic nitrogens is 1. The number of hydrogen-bond acceptors (Lipinski definition) is 4. The zero-order chi connectivity index (χ0) is 17.4. The molecule has 1 fully saturated rings. The van der Waals surface area contributed by atoms with Gasteiger partial charge in [-0.1, -0.05) is 35.6 Å². The average molecular weight is 351 g/mol. The van der Waals surface area contributed by atoms with Gasteiger partial charge < -0.3 is 10.2 Å². The second kappa shape index (κ2) is 6.29. The molecule has 0 radical (unpaired) electrons. The van der Waals surface area contributed by atoms with E-state index in [1.807, 2.05) is 49.4 Å². The zero-order valence-corrected chi connectivity index (χ0v) is 14.5. The van der Waals surface area contributed by atoms with Crippen LogP contribution < -0.4 is 10.2 Å². The van der Waals surface area contributed by atoms with Crippen molar-refractivity contribution in [1.82, 2.24) is 4.98 Å². The van der Waals surface area contributed by atoms with E-state index in [1.54, 1.807) is 4.90 Å². The number of para-hydroxylation sites is 1. The van der Waals surface area contributed by atoms with Gasteiger partial charge in [-0.2, -0.15) is 0 Å². The number of aryl methyl sites for hydroxylation is 1. The summed E-state index contributed by atoms with van der Waals surface area (Å²) in [5, 5.41) is 3.45. The Hall–Kier alpha value is -2.73. The number of carbonyl (C=O) groups is 2. The van der Waals surface area contributed by atoms with Crippen molar-refractivity contribution in [1.29, 1.82) is 0 Å². The van der Waals surface area contributed by atoms with Crippen LogP contribution in [0.2, 0.25) is 0 Å². The Balaban J connectivity index is 1.48. The number of amides is 2. The highest BCUT2D eigenvalue weighted by molar-refractivity contribution is 7.22. The summed E-state index contributed by atoms with van der Waals surface area (Å²) in [6.07, 6.45) is 0.227. The molecule has 0 unspecified atom stereocenters. The maximum absolute atomic E-state index is 12.6. The van der Waals surface area contributed by atoms with Gasteiger partial charge in [0.25, 0.3) is 0 Å². The van der Waals surface area contributed by atoms with Crippen molar-refractivity contribution in [3.8, 4) is 0 Å². The van der Waals surface area contributed by atoms with Gasteiger partial charge in [-0.3, -0.25) is 9.59 Å². The summed E-state index contributed by atoms with van der Waals surface area (Å²) in [6.45, 7) is 2.43. The van der Waals surface area contributed by atoms with Crippen molar-refractivity contribution in [3.05, 3.63) is 54.1 Å². The van der Waals surface area contributed by atoms with Crippen LogP contribution in [-0.2, 0) is 9.59 Å². The third-order valence-corrected chi connectivity index (χ3v) is 5.27. The highest BCUT2D eigenvalue weighted by Crippen LogP contribution is 2.29. The molecule has 5 nitrogen and oxygen atoms in total. The number of thiazole rings is 1. The van der Waals surface area contributed by atoms with Crippen LogP contribution in [-0.4, -0.2) is 23.3 Å². The lowest BCUT2D eigenvalue weighted by molar-refractivity contribution is -0.122. The SMILES string of the molecule is Cc1ccc2nc(NC(=O)[C@@H]3CC(=O)N(c4ccccc4)C3)sc2c1. The van der Waals surface area contributed by atoms with Gasteiger partial charge in [0.15, 0.2) is 5.13 Å². The number of anilines is 2. The van der Waals surface area contributed by atoms with Crippen LogP contribution in [0.15, 0.2) is 48.5 Å². The fourth-order valence-electron chi connectivity index (χ4n) is 3.03. The van der Waals surface area contributed by atoms with Gasteiger partial charge in [0.2, 0.25) is 11.8 Å². The molecular formula is C19H17N3O2S. The molecule has 2 aromatic carbocycles. The minimum atomic E-state index is -0.360. The minimum absolute atomic E-state index is 0.0220. The summed E-state index contributed by atoms with van der Waals surface area (Å²) in [5.74, 6) is -0.532. The van der Waals surface area contributed by atoms with Gasteiger partial charge in [0.05, 0.1) is 16.1 Å². The Morgan fingerprint density at radius 3 is 2.84 bits per heavy atom. The van der Waals surface area contributed by atoms with Crippen molar-refractivity contribution < 1.29 is 9.59 Å². The zero-order valence-electron chi connectivity index (χ0n) is 13.7. The summed E-state index contributed by atoms with van der Waals surface area (Å²) < 4.78 is 1.05. The van der Waals surface area contributed by atoms with E-state index >= 15 is 0 Å². The van der Waals surface area contributed by atoms with E-state index in [9.17, 15) is 9.59 Å². The van der Waals surface area contributed by atoms with E-state index in [2.05, 4.69) is 16.4 Å². The van der Waals surface area contributed by atoms with Gasteiger partial charge >= 0.3 is 0 Å². The van der Waals surface area contributed by atoms with E-state index in [0.717, 1.165) is 21.5 Å². The van der Waals surface area contributed by atoms with Gasteiger partial charge in [-0.05, 0) is 36.8 Å². The Morgan fingerprint density at radius 2 is 2.04 bits per heavy atom. The molecule has 0 bridgehead atoms. The first-order chi connectivity index (χ1) is 12.1. The summed E-state index contributed by atoms with van der Waals surface area (Å²) in [6, 6.07) is 15.5. The van der Waals surface area contributed by atoms with Crippen LogP contribution in [0.25, 0.3) is 10.2 Å². The van der Waals surface area contributed by atoms with E-state index < -0.39 is 0 Å².